The number of esters is 1. The summed E-state index contributed by atoms with van der Waals surface area (Å²) in [7, 11) is 1.35. The van der Waals surface area contributed by atoms with Crippen molar-refractivity contribution in [3.8, 4) is 0 Å². The van der Waals surface area contributed by atoms with E-state index in [0.29, 0.717) is 17.9 Å². The molecule has 0 radical (unpaired) electrons. The van der Waals surface area contributed by atoms with E-state index in [0.717, 1.165) is 5.69 Å². The molecule has 5 heteroatoms. The lowest BCUT2D eigenvalue weighted by Crippen LogP contribution is -2.07. The van der Waals surface area contributed by atoms with Crippen LogP contribution in [0.15, 0.2) is 24.4 Å². The molecule has 0 unspecified atom stereocenters. The normalized spacial score (nSPS) is 10.5. The van der Waals surface area contributed by atoms with Gasteiger partial charge in [0.15, 0.2) is 0 Å². The summed E-state index contributed by atoms with van der Waals surface area (Å²) in [5, 5.41) is 0. The maximum atomic E-state index is 11.4. The van der Waals surface area contributed by atoms with Crippen molar-refractivity contribution in [2.75, 3.05) is 7.11 Å². The van der Waals surface area contributed by atoms with Gasteiger partial charge in [-0.25, -0.2) is 9.78 Å². The van der Waals surface area contributed by atoms with E-state index in [-0.39, 0.29) is 5.97 Å². The fourth-order valence-corrected chi connectivity index (χ4v) is 1.43. The highest BCUT2D eigenvalue weighted by Gasteiger charge is 2.10. The second-order valence-corrected chi connectivity index (χ2v) is 3.07. The number of ether oxygens (including phenoxy) is 1. The highest BCUT2D eigenvalue weighted by Crippen LogP contribution is 2.09. The van der Waals surface area contributed by atoms with E-state index >= 15 is 0 Å². The average molecular weight is 205 g/mol. The Hall–Kier alpha value is -1.88. The molecule has 78 valence electrons. The number of hydrogen-bond donors (Lipinski definition) is 1. The molecule has 0 aliphatic rings. The number of aromatic nitrogens is 2. The van der Waals surface area contributed by atoms with Gasteiger partial charge in [-0.3, -0.25) is 4.40 Å². The zero-order valence-corrected chi connectivity index (χ0v) is 8.30. The molecule has 0 fully saturated rings. The molecule has 15 heavy (non-hydrogen) atoms. The summed E-state index contributed by atoms with van der Waals surface area (Å²) >= 11 is 0. The van der Waals surface area contributed by atoms with Crippen molar-refractivity contribution in [2.24, 2.45) is 5.73 Å². The number of carbonyl (C=O) groups excluding carboxylic acids is 1. The minimum atomic E-state index is -0.387. The first-order valence-electron chi connectivity index (χ1n) is 4.51. The van der Waals surface area contributed by atoms with Crippen molar-refractivity contribution in [1.29, 1.82) is 0 Å². The molecule has 0 bridgehead atoms. The lowest BCUT2D eigenvalue weighted by molar-refractivity contribution is 0.0592. The fourth-order valence-electron chi connectivity index (χ4n) is 1.43. The highest BCUT2D eigenvalue weighted by atomic mass is 16.5. The van der Waals surface area contributed by atoms with Gasteiger partial charge in [-0.15, -0.1) is 0 Å². The first kappa shape index (κ1) is 9.67. The summed E-state index contributed by atoms with van der Waals surface area (Å²) in [5.74, 6) is -0.387. The number of carbonyl (C=O) groups is 1. The third-order valence-corrected chi connectivity index (χ3v) is 2.15. The second-order valence-electron chi connectivity index (χ2n) is 3.07. The van der Waals surface area contributed by atoms with Gasteiger partial charge in [0.2, 0.25) is 0 Å². The Bertz CT molecular complexity index is 504. The summed E-state index contributed by atoms with van der Waals surface area (Å²) in [6.45, 7) is 0.349. The van der Waals surface area contributed by atoms with Gasteiger partial charge in [0, 0.05) is 12.7 Å². The number of imidazole rings is 1. The van der Waals surface area contributed by atoms with E-state index in [1.165, 1.54) is 7.11 Å². The lowest BCUT2D eigenvalue weighted by Gasteiger charge is -2.01. The molecular formula is C10H11N3O2. The van der Waals surface area contributed by atoms with Crippen LogP contribution in [0.5, 0.6) is 0 Å². The molecule has 0 spiro atoms. The Labute approximate surface area is 86.5 Å². The first-order chi connectivity index (χ1) is 7.26. The van der Waals surface area contributed by atoms with Crippen LogP contribution in [0.3, 0.4) is 0 Å². The third-order valence-electron chi connectivity index (χ3n) is 2.15. The van der Waals surface area contributed by atoms with Crippen LogP contribution in [0.1, 0.15) is 16.2 Å². The van der Waals surface area contributed by atoms with Gasteiger partial charge in [0.05, 0.1) is 12.8 Å². The predicted octanol–water partition coefficient (Wildman–Crippen LogP) is 0.580. The Morgan fingerprint density at radius 3 is 3.07 bits per heavy atom. The highest BCUT2D eigenvalue weighted by molar-refractivity contribution is 5.88. The molecule has 2 rings (SSSR count). The first-order valence-corrected chi connectivity index (χ1v) is 4.51. The molecule has 0 amide bonds. The van der Waals surface area contributed by atoms with Gasteiger partial charge in [-0.05, 0) is 12.1 Å². The summed E-state index contributed by atoms with van der Waals surface area (Å²) in [5.41, 5.74) is 7.36. The number of nitrogens with two attached hydrogens (primary N) is 1. The molecule has 2 heterocycles. The van der Waals surface area contributed by atoms with E-state index in [1.54, 1.807) is 22.7 Å². The maximum Gasteiger partial charge on any atom is 0.355 e. The topological polar surface area (TPSA) is 69.6 Å². The van der Waals surface area contributed by atoms with Gasteiger partial charge < -0.3 is 10.5 Å². The molecule has 0 aromatic carbocycles. The van der Waals surface area contributed by atoms with Gasteiger partial charge >= 0.3 is 5.97 Å². The van der Waals surface area contributed by atoms with E-state index in [1.807, 2.05) is 6.07 Å². The van der Waals surface area contributed by atoms with Crippen LogP contribution < -0.4 is 5.73 Å². The van der Waals surface area contributed by atoms with Crippen LogP contribution in [0.4, 0.5) is 0 Å². The van der Waals surface area contributed by atoms with Gasteiger partial charge in [0.25, 0.3) is 0 Å². The van der Waals surface area contributed by atoms with E-state index in [2.05, 4.69) is 9.72 Å². The summed E-state index contributed by atoms with van der Waals surface area (Å²) < 4.78 is 6.34. The van der Waals surface area contributed by atoms with Crippen molar-refractivity contribution in [3.63, 3.8) is 0 Å². The van der Waals surface area contributed by atoms with Crippen molar-refractivity contribution >= 4 is 11.6 Å². The van der Waals surface area contributed by atoms with Crippen molar-refractivity contribution < 1.29 is 9.53 Å². The number of fused-ring (bicyclic) bond motifs is 1. The molecule has 0 atom stereocenters. The minimum absolute atomic E-state index is 0.349. The van der Waals surface area contributed by atoms with Gasteiger partial charge in [-0.1, -0.05) is 6.07 Å². The molecule has 2 aromatic heterocycles. The van der Waals surface area contributed by atoms with Gasteiger partial charge in [0.1, 0.15) is 11.3 Å². The number of hydrogen-bond acceptors (Lipinski definition) is 4. The number of nitrogens with zero attached hydrogens (tertiary/aromatic N) is 2. The fraction of sp³-hybridized carbons (Fsp3) is 0.200. The molecule has 0 saturated heterocycles. The maximum absolute atomic E-state index is 11.4. The Morgan fingerprint density at radius 1 is 1.60 bits per heavy atom. The quantitative estimate of drug-likeness (QED) is 0.728. The standard InChI is InChI=1S/C10H11N3O2/c1-15-10(14)8-3-2-4-9-12-7(5-11)6-13(8)9/h2-4,6H,5,11H2,1H3. The van der Waals surface area contributed by atoms with Crippen LogP contribution in [-0.4, -0.2) is 22.5 Å². The summed E-state index contributed by atoms with van der Waals surface area (Å²) in [4.78, 5) is 15.7. The van der Waals surface area contributed by atoms with Crippen molar-refractivity contribution in [2.45, 2.75) is 6.54 Å². The van der Waals surface area contributed by atoms with Crippen LogP contribution in [-0.2, 0) is 11.3 Å². The van der Waals surface area contributed by atoms with Crippen LogP contribution in [0.25, 0.3) is 5.65 Å². The molecule has 0 aliphatic heterocycles. The minimum Gasteiger partial charge on any atom is -0.464 e. The number of pyridine rings is 1. The average Bonchev–Trinajstić information content (AvgIpc) is 2.70. The molecule has 2 aromatic rings. The molecule has 0 saturated carbocycles. The second kappa shape index (κ2) is 3.70. The zero-order valence-electron chi connectivity index (χ0n) is 8.30. The molecule has 2 N–H and O–H groups in total. The SMILES string of the molecule is COC(=O)c1cccc2nc(CN)cn12. The monoisotopic (exact) mass is 205 g/mol. The van der Waals surface area contributed by atoms with Crippen LogP contribution in [0, 0.1) is 0 Å². The largest absolute Gasteiger partial charge is 0.464 e. The Balaban J connectivity index is 2.64. The van der Waals surface area contributed by atoms with Gasteiger partial charge in [-0.2, -0.15) is 0 Å². The molecule has 0 aliphatic carbocycles. The van der Waals surface area contributed by atoms with Crippen molar-refractivity contribution in [3.05, 3.63) is 35.8 Å². The van der Waals surface area contributed by atoms with E-state index in [4.69, 9.17) is 5.73 Å². The van der Waals surface area contributed by atoms with E-state index in [9.17, 15) is 4.79 Å². The summed E-state index contributed by atoms with van der Waals surface area (Å²) in [6.07, 6.45) is 1.74. The third kappa shape index (κ3) is 1.57. The van der Waals surface area contributed by atoms with E-state index < -0.39 is 0 Å². The number of rotatable bonds is 2. The predicted molar refractivity (Wildman–Crippen MR) is 54.4 cm³/mol. The van der Waals surface area contributed by atoms with Crippen LogP contribution >= 0.6 is 0 Å². The Morgan fingerprint density at radius 2 is 2.40 bits per heavy atom. The molecular weight excluding hydrogens is 194 g/mol. The van der Waals surface area contributed by atoms with Crippen LogP contribution in [0.2, 0.25) is 0 Å². The number of methoxy groups -OCH3 is 1. The smallest absolute Gasteiger partial charge is 0.355 e. The lowest BCUT2D eigenvalue weighted by atomic mass is 10.3. The Kier molecular flexibility index (Phi) is 2.39. The van der Waals surface area contributed by atoms with Crippen molar-refractivity contribution in [1.82, 2.24) is 9.38 Å². The summed E-state index contributed by atoms with van der Waals surface area (Å²) in [6, 6.07) is 5.25. The molecule has 5 nitrogen and oxygen atoms in total. The zero-order chi connectivity index (χ0) is 10.8.